The molecule has 2 rings (SSSR count). The van der Waals surface area contributed by atoms with Crippen LogP contribution >= 0.6 is 34.8 Å². The van der Waals surface area contributed by atoms with Gasteiger partial charge in [0.25, 0.3) is 0 Å². The summed E-state index contributed by atoms with van der Waals surface area (Å²) in [6, 6.07) is 5.09. The fourth-order valence-corrected chi connectivity index (χ4v) is 2.55. The van der Waals surface area contributed by atoms with Crippen LogP contribution in [-0.4, -0.2) is 15.7 Å². The number of benzene rings is 1. The van der Waals surface area contributed by atoms with E-state index in [1.54, 1.807) is 25.1 Å². The standard InChI is InChI=1S/C12H9Cl3N2O2/c1-6-10(12(18)19)11(15)17(16-6)5-7-8(13)3-2-4-9(7)14/h2-4H,5H2,1H3,(H,18,19)/p-1. The fraction of sp³-hybridized carbons (Fsp3) is 0.167. The van der Waals surface area contributed by atoms with Crippen molar-refractivity contribution < 1.29 is 9.90 Å². The van der Waals surface area contributed by atoms with E-state index in [1.807, 2.05) is 0 Å². The number of hydrogen-bond donors (Lipinski definition) is 0. The van der Waals surface area contributed by atoms with Crippen LogP contribution in [0.1, 0.15) is 21.6 Å². The van der Waals surface area contributed by atoms with Crippen LogP contribution < -0.4 is 5.11 Å². The Hall–Kier alpha value is -1.23. The number of carboxylic acid groups (broad SMARTS) is 1. The molecule has 0 radical (unpaired) electrons. The average molecular weight is 319 g/mol. The molecule has 19 heavy (non-hydrogen) atoms. The molecule has 100 valence electrons. The molecule has 0 aliphatic heterocycles. The molecule has 0 aliphatic carbocycles. The summed E-state index contributed by atoms with van der Waals surface area (Å²) in [6.07, 6.45) is 0. The highest BCUT2D eigenvalue weighted by atomic mass is 35.5. The van der Waals surface area contributed by atoms with Crippen molar-refractivity contribution in [2.75, 3.05) is 0 Å². The van der Waals surface area contributed by atoms with E-state index in [9.17, 15) is 9.90 Å². The Labute approximate surface area is 124 Å². The highest BCUT2D eigenvalue weighted by Gasteiger charge is 2.16. The minimum absolute atomic E-state index is 0.00603. The second-order valence-electron chi connectivity index (χ2n) is 3.90. The van der Waals surface area contributed by atoms with Crippen molar-refractivity contribution >= 4 is 40.8 Å². The van der Waals surface area contributed by atoms with Crippen molar-refractivity contribution in [3.8, 4) is 0 Å². The molecule has 1 heterocycles. The maximum atomic E-state index is 10.9. The van der Waals surface area contributed by atoms with Gasteiger partial charge in [0.05, 0.1) is 23.8 Å². The van der Waals surface area contributed by atoms with Crippen molar-refractivity contribution in [3.05, 3.63) is 50.2 Å². The van der Waals surface area contributed by atoms with Gasteiger partial charge in [0.1, 0.15) is 5.15 Å². The third-order valence-corrected chi connectivity index (χ3v) is 3.73. The lowest BCUT2D eigenvalue weighted by atomic mass is 10.2. The zero-order valence-corrected chi connectivity index (χ0v) is 12.1. The van der Waals surface area contributed by atoms with Crippen LogP contribution in [0.3, 0.4) is 0 Å². The molecule has 0 saturated carbocycles. The van der Waals surface area contributed by atoms with Crippen molar-refractivity contribution in [1.82, 2.24) is 9.78 Å². The highest BCUT2D eigenvalue weighted by Crippen LogP contribution is 2.27. The topological polar surface area (TPSA) is 58.0 Å². The van der Waals surface area contributed by atoms with Gasteiger partial charge < -0.3 is 9.90 Å². The van der Waals surface area contributed by atoms with E-state index in [0.717, 1.165) is 0 Å². The smallest absolute Gasteiger partial charge is 0.136 e. The first-order chi connectivity index (χ1) is 8.91. The highest BCUT2D eigenvalue weighted by molar-refractivity contribution is 6.36. The molecule has 0 atom stereocenters. The predicted molar refractivity (Wildman–Crippen MR) is 71.9 cm³/mol. The second-order valence-corrected chi connectivity index (χ2v) is 5.07. The summed E-state index contributed by atoms with van der Waals surface area (Å²) in [5, 5.41) is 15.9. The number of carboxylic acids is 1. The normalized spacial score (nSPS) is 10.7. The number of carbonyl (C=O) groups excluding carboxylic acids is 1. The quantitative estimate of drug-likeness (QED) is 0.874. The van der Waals surface area contributed by atoms with Gasteiger partial charge in [-0.2, -0.15) is 5.10 Å². The van der Waals surface area contributed by atoms with Crippen LogP contribution in [0.5, 0.6) is 0 Å². The lowest BCUT2D eigenvalue weighted by Crippen LogP contribution is -2.23. The molecule has 0 aliphatic rings. The third-order valence-electron chi connectivity index (χ3n) is 2.64. The minimum Gasteiger partial charge on any atom is -0.545 e. The van der Waals surface area contributed by atoms with Crippen LogP contribution in [0.25, 0.3) is 0 Å². The number of halogens is 3. The Morgan fingerprint density at radius 3 is 2.37 bits per heavy atom. The Morgan fingerprint density at radius 2 is 1.89 bits per heavy atom. The fourth-order valence-electron chi connectivity index (χ4n) is 1.72. The van der Waals surface area contributed by atoms with Gasteiger partial charge >= 0.3 is 0 Å². The number of nitrogens with zero attached hydrogens (tertiary/aromatic N) is 2. The lowest BCUT2D eigenvalue weighted by molar-refractivity contribution is -0.255. The van der Waals surface area contributed by atoms with Crippen molar-refractivity contribution in [2.24, 2.45) is 0 Å². The largest absolute Gasteiger partial charge is 0.545 e. The van der Waals surface area contributed by atoms with Crippen molar-refractivity contribution in [3.63, 3.8) is 0 Å². The summed E-state index contributed by atoms with van der Waals surface area (Å²) in [4.78, 5) is 10.9. The number of carbonyl (C=O) groups is 1. The first-order valence-corrected chi connectivity index (χ1v) is 6.42. The van der Waals surface area contributed by atoms with Crippen molar-refractivity contribution in [1.29, 1.82) is 0 Å². The molecule has 0 bridgehead atoms. The van der Waals surface area contributed by atoms with Gasteiger partial charge in [-0.1, -0.05) is 40.9 Å². The van der Waals surface area contributed by atoms with Crippen LogP contribution in [0, 0.1) is 6.92 Å². The Bertz CT molecular complexity index is 632. The molecule has 0 spiro atoms. The molecule has 1 aromatic heterocycles. The van der Waals surface area contributed by atoms with Crippen LogP contribution in [0.4, 0.5) is 0 Å². The predicted octanol–water partition coefficient (Wildman–Crippen LogP) is 2.56. The molecule has 2 aromatic rings. The monoisotopic (exact) mass is 317 g/mol. The third kappa shape index (κ3) is 2.71. The van der Waals surface area contributed by atoms with E-state index in [2.05, 4.69) is 5.10 Å². The second kappa shape index (κ2) is 5.41. The van der Waals surface area contributed by atoms with Crippen LogP contribution in [0.2, 0.25) is 15.2 Å². The summed E-state index contributed by atoms with van der Waals surface area (Å²) >= 11 is 18.1. The molecule has 0 fully saturated rings. The zero-order valence-electron chi connectivity index (χ0n) is 9.78. The maximum Gasteiger partial charge on any atom is 0.136 e. The zero-order chi connectivity index (χ0) is 14.2. The van der Waals surface area contributed by atoms with E-state index < -0.39 is 5.97 Å². The summed E-state index contributed by atoms with van der Waals surface area (Å²) in [5.41, 5.74) is 0.790. The van der Waals surface area contributed by atoms with Gasteiger partial charge in [0, 0.05) is 15.6 Å². The van der Waals surface area contributed by atoms with Crippen LogP contribution in [0.15, 0.2) is 18.2 Å². The first-order valence-electron chi connectivity index (χ1n) is 5.29. The molecule has 1 aromatic carbocycles. The SMILES string of the molecule is Cc1nn(Cc2c(Cl)cccc2Cl)c(Cl)c1C(=O)[O-]. The number of aromatic nitrogens is 2. The van der Waals surface area contributed by atoms with Gasteiger partial charge in [-0.05, 0) is 19.1 Å². The van der Waals surface area contributed by atoms with E-state index in [1.165, 1.54) is 4.68 Å². The molecule has 0 amide bonds. The molecular weight excluding hydrogens is 311 g/mol. The number of aryl methyl sites for hydroxylation is 1. The molecule has 0 saturated heterocycles. The molecule has 0 N–H and O–H groups in total. The van der Waals surface area contributed by atoms with Crippen LogP contribution in [-0.2, 0) is 6.54 Å². The summed E-state index contributed by atoms with van der Waals surface area (Å²) in [7, 11) is 0. The molecule has 4 nitrogen and oxygen atoms in total. The summed E-state index contributed by atoms with van der Waals surface area (Å²) < 4.78 is 1.33. The Balaban J connectivity index is 2.45. The van der Waals surface area contributed by atoms with E-state index in [4.69, 9.17) is 34.8 Å². The van der Waals surface area contributed by atoms with Gasteiger partial charge in [-0.25, -0.2) is 4.68 Å². The van der Waals surface area contributed by atoms with Crippen molar-refractivity contribution in [2.45, 2.75) is 13.5 Å². The van der Waals surface area contributed by atoms with Gasteiger partial charge in [0.2, 0.25) is 0 Å². The average Bonchev–Trinajstić information content (AvgIpc) is 2.59. The molecule has 0 unspecified atom stereocenters. The number of aromatic carboxylic acids is 1. The Morgan fingerprint density at radius 1 is 1.32 bits per heavy atom. The van der Waals surface area contributed by atoms with E-state index in [-0.39, 0.29) is 23.0 Å². The summed E-state index contributed by atoms with van der Waals surface area (Å²) in [6.45, 7) is 1.73. The first kappa shape index (κ1) is 14.2. The van der Waals surface area contributed by atoms with E-state index >= 15 is 0 Å². The van der Waals surface area contributed by atoms with Gasteiger partial charge in [-0.3, -0.25) is 0 Å². The lowest BCUT2D eigenvalue weighted by Gasteiger charge is -2.08. The summed E-state index contributed by atoms with van der Waals surface area (Å²) in [5.74, 6) is -1.36. The maximum absolute atomic E-state index is 10.9. The Kier molecular flexibility index (Phi) is 4.04. The molecule has 7 heteroatoms. The minimum atomic E-state index is -1.36. The van der Waals surface area contributed by atoms with E-state index in [0.29, 0.717) is 15.6 Å². The van der Waals surface area contributed by atoms with Gasteiger partial charge in [0.15, 0.2) is 0 Å². The number of rotatable bonds is 3. The molecular formula is C12H8Cl3N2O2-. The van der Waals surface area contributed by atoms with Gasteiger partial charge in [-0.15, -0.1) is 0 Å². The number of hydrogen-bond acceptors (Lipinski definition) is 3.